The fourth-order valence-corrected chi connectivity index (χ4v) is 2.63. The molecule has 0 aromatic heterocycles. The van der Waals surface area contributed by atoms with Crippen LogP contribution in [0.15, 0.2) is 22.7 Å². The maximum atomic E-state index is 5.68. The topological polar surface area (TPSA) is 18.5 Å². The van der Waals surface area contributed by atoms with Crippen molar-refractivity contribution in [3.63, 3.8) is 0 Å². The van der Waals surface area contributed by atoms with E-state index in [0.29, 0.717) is 18.5 Å². The number of hydrogen-bond donors (Lipinski definition) is 0. The first-order valence-electron chi connectivity index (χ1n) is 4.78. The second-order valence-electron chi connectivity index (χ2n) is 3.55. The van der Waals surface area contributed by atoms with E-state index >= 15 is 0 Å². The van der Waals surface area contributed by atoms with Gasteiger partial charge >= 0.3 is 0 Å². The van der Waals surface area contributed by atoms with Crippen LogP contribution in [0.25, 0.3) is 0 Å². The third-order valence-electron chi connectivity index (χ3n) is 2.54. The SMILES string of the molecule is Cc1ccc(C2(CBr)OCCO2)cc1Br. The molecule has 0 amide bonds. The highest BCUT2D eigenvalue weighted by Crippen LogP contribution is 2.35. The molecule has 0 N–H and O–H groups in total. The molecule has 15 heavy (non-hydrogen) atoms. The summed E-state index contributed by atoms with van der Waals surface area (Å²) in [5.74, 6) is -0.601. The fraction of sp³-hybridized carbons (Fsp3) is 0.455. The van der Waals surface area contributed by atoms with Gasteiger partial charge in [0.15, 0.2) is 0 Å². The summed E-state index contributed by atoms with van der Waals surface area (Å²) < 4.78 is 12.4. The molecule has 0 atom stereocenters. The molecule has 0 bridgehead atoms. The summed E-state index contributed by atoms with van der Waals surface area (Å²) in [6.07, 6.45) is 0. The summed E-state index contributed by atoms with van der Waals surface area (Å²) in [4.78, 5) is 0. The Morgan fingerprint density at radius 2 is 2.00 bits per heavy atom. The first kappa shape index (κ1) is 11.6. The van der Waals surface area contributed by atoms with Crippen LogP contribution in [0.1, 0.15) is 11.1 Å². The molecule has 82 valence electrons. The zero-order valence-electron chi connectivity index (χ0n) is 8.43. The molecule has 1 heterocycles. The highest BCUT2D eigenvalue weighted by Gasteiger charge is 2.37. The van der Waals surface area contributed by atoms with Gasteiger partial charge in [-0.2, -0.15) is 0 Å². The van der Waals surface area contributed by atoms with Crippen LogP contribution < -0.4 is 0 Å². The summed E-state index contributed by atoms with van der Waals surface area (Å²) in [7, 11) is 0. The first-order chi connectivity index (χ1) is 7.18. The molecule has 1 aromatic rings. The average Bonchev–Trinajstić information content (AvgIpc) is 2.72. The van der Waals surface area contributed by atoms with E-state index in [0.717, 1.165) is 10.0 Å². The predicted octanol–water partition coefficient (Wildman–Crippen LogP) is 3.35. The largest absolute Gasteiger partial charge is 0.343 e. The number of hydrogen-bond acceptors (Lipinski definition) is 2. The molecule has 4 heteroatoms. The van der Waals surface area contributed by atoms with E-state index in [2.05, 4.69) is 50.9 Å². The van der Waals surface area contributed by atoms with Crippen molar-refractivity contribution in [3.05, 3.63) is 33.8 Å². The van der Waals surface area contributed by atoms with E-state index in [1.807, 2.05) is 6.07 Å². The Hall–Kier alpha value is 0.1000. The smallest absolute Gasteiger partial charge is 0.205 e. The van der Waals surface area contributed by atoms with Gasteiger partial charge in [0.25, 0.3) is 0 Å². The average molecular weight is 336 g/mol. The fourth-order valence-electron chi connectivity index (χ4n) is 1.61. The van der Waals surface area contributed by atoms with Crippen molar-refractivity contribution < 1.29 is 9.47 Å². The minimum atomic E-state index is -0.601. The van der Waals surface area contributed by atoms with Crippen molar-refractivity contribution in [2.45, 2.75) is 12.7 Å². The highest BCUT2D eigenvalue weighted by atomic mass is 79.9. The van der Waals surface area contributed by atoms with Crippen molar-refractivity contribution in [3.8, 4) is 0 Å². The maximum absolute atomic E-state index is 5.68. The summed E-state index contributed by atoms with van der Waals surface area (Å²) in [6, 6.07) is 6.17. The Morgan fingerprint density at radius 1 is 1.33 bits per heavy atom. The van der Waals surface area contributed by atoms with Crippen molar-refractivity contribution >= 4 is 31.9 Å². The van der Waals surface area contributed by atoms with Crippen LogP contribution in [-0.4, -0.2) is 18.5 Å². The van der Waals surface area contributed by atoms with E-state index in [9.17, 15) is 0 Å². The van der Waals surface area contributed by atoms with Gasteiger partial charge in [0, 0.05) is 10.0 Å². The van der Waals surface area contributed by atoms with Gasteiger partial charge in [-0.25, -0.2) is 0 Å². The van der Waals surface area contributed by atoms with Gasteiger partial charge in [0.05, 0.1) is 18.5 Å². The Kier molecular flexibility index (Phi) is 3.50. The van der Waals surface area contributed by atoms with Gasteiger partial charge in [-0.3, -0.25) is 0 Å². The quantitative estimate of drug-likeness (QED) is 0.772. The summed E-state index contributed by atoms with van der Waals surface area (Å²) in [6.45, 7) is 3.36. The number of halogens is 2. The maximum Gasteiger partial charge on any atom is 0.205 e. The monoisotopic (exact) mass is 334 g/mol. The lowest BCUT2D eigenvalue weighted by Gasteiger charge is -2.25. The van der Waals surface area contributed by atoms with Gasteiger partial charge < -0.3 is 9.47 Å². The molecular formula is C11H12Br2O2. The molecule has 1 fully saturated rings. The van der Waals surface area contributed by atoms with E-state index in [1.54, 1.807) is 0 Å². The lowest BCUT2D eigenvalue weighted by atomic mass is 10.1. The van der Waals surface area contributed by atoms with E-state index in [1.165, 1.54) is 5.56 Å². The number of benzene rings is 1. The molecule has 1 saturated heterocycles. The lowest BCUT2D eigenvalue weighted by molar-refractivity contribution is -0.144. The first-order valence-corrected chi connectivity index (χ1v) is 6.70. The normalized spacial score (nSPS) is 19.4. The zero-order chi connectivity index (χ0) is 10.9. The van der Waals surface area contributed by atoms with Gasteiger partial charge in [0.2, 0.25) is 5.79 Å². The molecule has 2 rings (SSSR count). The van der Waals surface area contributed by atoms with Crippen LogP contribution in [0.4, 0.5) is 0 Å². The molecule has 2 nitrogen and oxygen atoms in total. The molecule has 0 spiro atoms. The van der Waals surface area contributed by atoms with Crippen LogP contribution >= 0.6 is 31.9 Å². The molecule has 0 radical (unpaired) electrons. The Balaban J connectivity index is 2.38. The van der Waals surface area contributed by atoms with Crippen molar-refractivity contribution in [1.82, 2.24) is 0 Å². The van der Waals surface area contributed by atoms with Crippen LogP contribution in [0.2, 0.25) is 0 Å². The number of aryl methyl sites for hydroxylation is 1. The third kappa shape index (κ3) is 2.13. The van der Waals surface area contributed by atoms with Gasteiger partial charge in [0.1, 0.15) is 0 Å². The number of rotatable bonds is 2. The second kappa shape index (κ2) is 4.53. The zero-order valence-corrected chi connectivity index (χ0v) is 11.6. The number of ether oxygens (including phenoxy) is 2. The van der Waals surface area contributed by atoms with Crippen LogP contribution in [0.5, 0.6) is 0 Å². The van der Waals surface area contributed by atoms with E-state index < -0.39 is 5.79 Å². The molecular weight excluding hydrogens is 324 g/mol. The highest BCUT2D eigenvalue weighted by molar-refractivity contribution is 9.10. The molecule has 0 unspecified atom stereocenters. The standard InChI is InChI=1S/C11H12Br2O2/c1-8-2-3-9(6-10(8)13)11(7-12)14-4-5-15-11/h2-3,6H,4-5,7H2,1H3. The van der Waals surface area contributed by atoms with Crippen molar-refractivity contribution in [2.75, 3.05) is 18.5 Å². The van der Waals surface area contributed by atoms with E-state index in [-0.39, 0.29) is 0 Å². The molecule has 1 aliphatic heterocycles. The molecule has 0 saturated carbocycles. The Bertz CT molecular complexity index is 360. The van der Waals surface area contributed by atoms with Gasteiger partial charge in [-0.1, -0.05) is 44.0 Å². The van der Waals surface area contributed by atoms with Crippen LogP contribution in [0, 0.1) is 6.92 Å². The van der Waals surface area contributed by atoms with Gasteiger partial charge in [-0.05, 0) is 18.6 Å². The summed E-state index contributed by atoms with van der Waals surface area (Å²) in [5.41, 5.74) is 2.26. The lowest BCUT2D eigenvalue weighted by Crippen LogP contribution is -2.28. The minimum absolute atomic E-state index is 0.601. The molecule has 0 aliphatic carbocycles. The molecule has 1 aliphatic rings. The van der Waals surface area contributed by atoms with Crippen molar-refractivity contribution in [2.24, 2.45) is 0 Å². The third-order valence-corrected chi connectivity index (χ3v) is 4.13. The summed E-state index contributed by atoms with van der Waals surface area (Å²) in [5, 5.41) is 0.648. The minimum Gasteiger partial charge on any atom is -0.343 e. The van der Waals surface area contributed by atoms with E-state index in [4.69, 9.17) is 9.47 Å². The molecule has 1 aromatic carbocycles. The van der Waals surface area contributed by atoms with Gasteiger partial charge in [-0.15, -0.1) is 0 Å². The van der Waals surface area contributed by atoms with Crippen LogP contribution in [0.3, 0.4) is 0 Å². The van der Waals surface area contributed by atoms with Crippen molar-refractivity contribution in [1.29, 1.82) is 0 Å². The second-order valence-corrected chi connectivity index (χ2v) is 4.96. The Labute approximate surface area is 106 Å². The van der Waals surface area contributed by atoms with Crippen LogP contribution in [-0.2, 0) is 15.3 Å². The predicted molar refractivity (Wildman–Crippen MR) is 66.3 cm³/mol. The Morgan fingerprint density at radius 3 is 2.53 bits per heavy atom. The summed E-state index contributed by atoms with van der Waals surface area (Å²) >= 11 is 6.97. The number of alkyl halides is 1.